The number of aromatic nitrogens is 1. The third-order valence-corrected chi connectivity index (χ3v) is 3.35. The van der Waals surface area contributed by atoms with Crippen molar-refractivity contribution in [3.63, 3.8) is 0 Å². The lowest BCUT2D eigenvalue weighted by molar-refractivity contribution is 0.164. The summed E-state index contributed by atoms with van der Waals surface area (Å²) < 4.78 is 6.03. The number of hydrogen-bond acceptors (Lipinski definition) is 3. The van der Waals surface area contributed by atoms with Gasteiger partial charge in [0, 0.05) is 11.6 Å². The number of hydrogen-bond donors (Lipinski definition) is 2. The Hall–Kier alpha value is -1.81. The molecule has 1 aliphatic rings. The van der Waals surface area contributed by atoms with Crippen LogP contribution in [-0.2, 0) is 0 Å². The van der Waals surface area contributed by atoms with Crippen molar-refractivity contribution in [2.45, 2.75) is 18.9 Å². The van der Waals surface area contributed by atoms with Crippen LogP contribution in [0.1, 0.15) is 12.8 Å². The second-order valence-corrected chi connectivity index (χ2v) is 4.59. The van der Waals surface area contributed by atoms with E-state index in [-0.39, 0.29) is 11.7 Å². The van der Waals surface area contributed by atoms with Crippen molar-refractivity contribution in [3.05, 3.63) is 40.8 Å². The molecule has 0 spiro atoms. The summed E-state index contributed by atoms with van der Waals surface area (Å²) in [6.45, 7) is 1.99. The Balaban J connectivity index is 1.96. The second kappa shape index (κ2) is 4.82. The molecule has 94 valence electrons. The Labute approximate surface area is 105 Å². The van der Waals surface area contributed by atoms with Crippen molar-refractivity contribution in [3.8, 4) is 5.75 Å². The van der Waals surface area contributed by atoms with E-state index in [0.29, 0.717) is 5.39 Å². The zero-order chi connectivity index (χ0) is 12.4. The highest BCUT2D eigenvalue weighted by Gasteiger charge is 2.15. The lowest BCUT2D eigenvalue weighted by Crippen LogP contribution is -2.34. The molecule has 4 nitrogen and oxygen atoms in total. The van der Waals surface area contributed by atoms with E-state index >= 15 is 0 Å². The minimum atomic E-state index is -0.0664. The van der Waals surface area contributed by atoms with E-state index in [1.165, 1.54) is 0 Å². The third-order valence-electron chi connectivity index (χ3n) is 3.35. The van der Waals surface area contributed by atoms with E-state index in [0.717, 1.165) is 37.1 Å². The van der Waals surface area contributed by atoms with Gasteiger partial charge >= 0.3 is 0 Å². The normalized spacial score (nSPS) is 16.9. The highest BCUT2D eigenvalue weighted by Crippen LogP contribution is 2.25. The van der Waals surface area contributed by atoms with E-state index in [9.17, 15) is 4.79 Å². The van der Waals surface area contributed by atoms with Crippen LogP contribution in [0.5, 0.6) is 5.75 Å². The van der Waals surface area contributed by atoms with E-state index in [1.54, 1.807) is 6.20 Å². The smallest absolute Gasteiger partial charge is 0.255 e. The number of rotatable bonds is 2. The summed E-state index contributed by atoms with van der Waals surface area (Å²) in [6.07, 6.45) is 3.94. The molecule has 1 aromatic carbocycles. The maximum atomic E-state index is 11.7. The molecule has 4 heteroatoms. The largest absolute Gasteiger partial charge is 0.490 e. The van der Waals surface area contributed by atoms with Crippen LogP contribution in [0.25, 0.3) is 10.8 Å². The fourth-order valence-corrected chi connectivity index (χ4v) is 2.39. The molecule has 1 saturated heterocycles. The number of piperidine rings is 1. The van der Waals surface area contributed by atoms with Crippen molar-refractivity contribution in [2.24, 2.45) is 0 Å². The van der Waals surface area contributed by atoms with Crippen LogP contribution >= 0.6 is 0 Å². The molecule has 18 heavy (non-hydrogen) atoms. The fourth-order valence-electron chi connectivity index (χ4n) is 2.39. The van der Waals surface area contributed by atoms with Crippen LogP contribution in [-0.4, -0.2) is 24.2 Å². The molecule has 0 atom stereocenters. The second-order valence-electron chi connectivity index (χ2n) is 4.59. The van der Waals surface area contributed by atoms with Gasteiger partial charge in [-0.05, 0) is 44.1 Å². The molecular formula is C14H16N2O2. The molecule has 0 bridgehead atoms. The van der Waals surface area contributed by atoms with Crippen molar-refractivity contribution in [1.29, 1.82) is 0 Å². The van der Waals surface area contributed by atoms with E-state index in [2.05, 4.69) is 10.3 Å². The molecule has 1 aliphatic heterocycles. The van der Waals surface area contributed by atoms with Crippen molar-refractivity contribution in [1.82, 2.24) is 10.3 Å². The predicted molar refractivity (Wildman–Crippen MR) is 71.1 cm³/mol. The molecule has 2 N–H and O–H groups in total. The number of fused-ring (bicyclic) bond motifs is 1. The Morgan fingerprint density at radius 2 is 1.94 bits per heavy atom. The van der Waals surface area contributed by atoms with Crippen molar-refractivity contribution >= 4 is 10.8 Å². The lowest BCUT2D eigenvalue weighted by atomic mass is 10.1. The van der Waals surface area contributed by atoms with Gasteiger partial charge in [-0.2, -0.15) is 0 Å². The predicted octanol–water partition coefficient (Wildman–Crippen LogP) is 1.66. The molecule has 0 unspecified atom stereocenters. The highest BCUT2D eigenvalue weighted by atomic mass is 16.5. The Morgan fingerprint density at radius 1 is 1.11 bits per heavy atom. The quantitative estimate of drug-likeness (QED) is 0.844. The number of ether oxygens (including phenoxy) is 1. The molecular weight excluding hydrogens is 228 g/mol. The summed E-state index contributed by atoms with van der Waals surface area (Å²) >= 11 is 0. The molecule has 0 amide bonds. The molecule has 0 saturated carbocycles. The molecule has 0 aliphatic carbocycles. The van der Waals surface area contributed by atoms with E-state index in [1.807, 2.05) is 24.3 Å². The molecule has 2 aromatic rings. The first-order valence-electron chi connectivity index (χ1n) is 6.32. The molecule has 1 aromatic heterocycles. The first kappa shape index (κ1) is 11.3. The number of nitrogens with one attached hydrogen (secondary N) is 2. The molecule has 1 fully saturated rings. The van der Waals surface area contributed by atoms with Crippen LogP contribution in [0.15, 0.2) is 35.3 Å². The van der Waals surface area contributed by atoms with Gasteiger partial charge in [0.05, 0.1) is 5.39 Å². The van der Waals surface area contributed by atoms with Crippen LogP contribution in [0.2, 0.25) is 0 Å². The van der Waals surface area contributed by atoms with Gasteiger partial charge in [-0.3, -0.25) is 4.79 Å². The fraction of sp³-hybridized carbons (Fsp3) is 0.357. The van der Waals surface area contributed by atoms with Gasteiger partial charge < -0.3 is 15.0 Å². The van der Waals surface area contributed by atoms with Crippen LogP contribution in [0.3, 0.4) is 0 Å². The average molecular weight is 244 g/mol. The van der Waals surface area contributed by atoms with Crippen LogP contribution < -0.4 is 15.6 Å². The first-order valence-corrected chi connectivity index (χ1v) is 6.32. The Bertz CT molecular complexity index is 600. The Morgan fingerprint density at radius 3 is 2.78 bits per heavy atom. The molecule has 3 rings (SSSR count). The van der Waals surface area contributed by atoms with Gasteiger partial charge in [0.25, 0.3) is 5.56 Å². The summed E-state index contributed by atoms with van der Waals surface area (Å²) in [7, 11) is 0. The van der Waals surface area contributed by atoms with Gasteiger partial charge in [0.2, 0.25) is 0 Å². The van der Waals surface area contributed by atoms with Gasteiger partial charge in [-0.15, -0.1) is 0 Å². The first-order chi connectivity index (χ1) is 8.84. The summed E-state index contributed by atoms with van der Waals surface area (Å²) in [4.78, 5) is 14.4. The van der Waals surface area contributed by atoms with E-state index < -0.39 is 0 Å². The van der Waals surface area contributed by atoms with Gasteiger partial charge in [-0.25, -0.2) is 0 Å². The minimum absolute atomic E-state index is 0.0664. The maximum Gasteiger partial charge on any atom is 0.255 e. The zero-order valence-electron chi connectivity index (χ0n) is 10.1. The Kier molecular flexibility index (Phi) is 3.02. The van der Waals surface area contributed by atoms with Gasteiger partial charge in [0.1, 0.15) is 11.9 Å². The number of H-pyrrole nitrogens is 1. The summed E-state index contributed by atoms with van der Waals surface area (Å²) in [5.41, 5.74) is -0.0664. The van der Waals surface area contributed by atoms with Gasteiger partial charge in [0.15, 0.2) is 0 Å². The minimum Gasteiger partial charge on any atom is -0.490 e. The summed E-state index contributed by atoms with van der Waals surface area (Å²) in [5.74, 6) is 0.811. The lowest BCUT2D eigenvalue weighted by Gasteiger charge is -2.24. The highest BCUT2D eigenvalue weighted by molar-refractivity contribution is 5.87. The van der Waals surface area contributed by atoms with Crippen molar-refractivity contribution < 1.29 is 4.74 Å². The number of aromatic amines is 1. The van der Waals surface area contributed by atoms with Crippen molar-refractivity contribution in [2.75, 3.05) is 13.1 Å². The average Bonchev–Trinajstić information content (AvgIpc) is 2.41. The zero-order valence-corrected chi connectivity index (χ0v) is 10.1. The van der Waals surface area contributed by atoms with Crippen LogP contribution in [0, 0.1) is 0 Å². The topological polar surface area (TPSA) is 54.1 Å². The van der Waals surface area contributed by atoms with Gasteiger partial charge in [-0.1, -0.05) is 6.07 Å². The SMILES string of the molecule is O=c1[nH]ccc2c(OC3CCNCC3)cccc12. The number of benzene rings is 1. The van der Waals surface area contributed by atoms with E-state index in [4.69, 9.17) is 4.74 Å². The summed E-state index contributed by atoms with van der Waals surface area (Å²) in [5, 5.41) is 4.88. The standard InChI is InChI=1S/C14H16N2O2/c17-14-12-2-1-3-13(11(12)6-9-16-14)18-10-4-7-15-8-5-10/h1-3,6,9-10,15H,4-5,7-8H2,(H,16,17). The maximum absolute atomic E-state index is 11.7. The molecule has 2 heterocycles. The van der Waals surface area contributed by atoms with Crippen LogP contribution in [0.4, 0.5) is 0 Å². The monoisotopic (exact) mass is 244 g/mol. The number of pyridine rings is 1. The molecule has 0 radical (unpaired) electrons. The summed E-state index contributed by atoms with van der Waals surface area (Å²) in [6, 6.07) is 7.52. The third kappa shape index (κ3) is 2.11.